The van der Waals surface area contributed by atoms with Gasteiger partial charge < -0.3 is 24.5 Å². The number of methoxy groups -OCH3 is 1. The average Bonchev–Trinajstić information content (AvgIpc) is 3.62. The van der Waals surface area contributed by atoms with E-state index in [1.165, 1.54) is 29.5 Å². The number of pyridine rings is 1. The van der Waals surface area contributed by atoms with Crippen LogP contribution >= 0.6 is 0 Å². The van der Waals surface area contributed by atoms with Gasteiger partial charge in [-0.05, 0) is 61.3 Å². The first-order valence-corrected chi connectivity index (χ1v) is 12.3. The van der Waals surface area contributed by atoms with Crippen LogP contribution in [0.1, 0.15) is 71.0 Å². The minimum absolute atomic E-state index is 0.108. The van der Waals surface area contributed by atoms with E-state index in [1.807, 2.05) is 17.5 Å². The van der Waals surface area contributed by atoms with E-state index >= 15 is 0 Å². The van der Waals surface area contributed by atoms with Gasteiger partial charge >= 0.3 is 0 Å². The topological polar surface area (TPSA) is 79.1 Å². The highest BCUT2D eigenvalue weighted by Crippen LogP contribution is 2.41. The van der Waals surface area contributed by atoms with Crippen LogP contribution in [0.15, 0.2) is 42.7 Å². The maximum absolute atomic E-state index is 13.5. The van der Waals surface area contributed by atoms with Crippen LogP contribution in [-0.4, -0.2) is 57.1 Å². The van der Waals surface area contributed by atoms with Crippen molar-refractivity contribution in [2.24, 2.45) is 0 Å². The molecule has 0 radical (unpaired) electrons. The number of piperidine rings is 1. The van der Waals surface area contributed by atoms with E-state index in [9.17, 15) is 9.90 Å². The molecule has 178 valence electrons. The fourth-order valence-corrected chi connectivity index (χ4v) is 5.63. The van der Waals surface area contributed by atoms with Crippen molar-refractivity contribution in [3.63, 3.8) is 0 Å². The molecule has 3 aromatic rings. The summed E-state index contributed by atoms with van der Waals surface area (Å²) in [5.41, 5.74) is 5.66. The second-order valence-electron chi connectivity index (χ2n) is 10.2. The number of aromatic nitrogens is 2. The summed E-state index contributed by atoms with van der Waals surface area (Å²) in [6, 6.07) is 10.6. The number of carbonyl (C=O) groups is 1. The number of benzene rings is 1. The summed E-state index contributed by atoms with van der Waals surface area (Å²) in [5.74, 6) is 0.466. The second-order valence-corrected chi connectivity index (χ2v) is 10.2. The molecule has 2 aliphatic heterocycles. The first-order chi connectivity index (χ1) is 16.5. The van der Waals surface area contributed by atoms with Crippen molar-refractivity contribution < 1.29 is 14.6 Å². The van der Waals surface area contributed by atoms with E-state index in [2.05, 4.69) is 41.8 Å². The number of aliphatic hydroxyl groups is 1. The van der Waals surface area contributed by atoms with Gasteiger partial charge in [-0.2, -0.15) is 0 Å². The van der Waals surface area contributed by atoms with Crippen LogP contribution in [0.25, 0.3) is 5.65 Å². The Bertz CT molecular complexity index is 1250. The number of amides is 1. The van der Waals surface area contributed by atoms with Crippen molar-refractivity contribution in [2.75, 3.05) is 20.2 Å². The number of rotatable bonds is 4. The monoisotopic (exact) mass is 460 g/mol. The number of nitrogens with zero attached hydrogens (tertiary/aromatic N) is 3. The van der Waals surface area contributed by atoms with Crippen LogP contribution in [0, 0.1) is 0 Å². The second kappa shape index (κ2) is 8.18. The van der Waals surface area contributed by atoms with Crippen molar-refractivity contribution >= 4 is 11.6 Å². The van der Waals surface area contributed by atoms with Crippen molar-refractivity contribution in [2.45, 2.75) is 62.8 Å². The quantitative estimate of drug-likeness (QED) is 0.625. The predicted octanol–water partition coefficient (Wildman–Crippen LogP) is 3.21. The zero-order valence-corrected chi connectivity index (χ0v) is 19.8. The molecule has 4 heterocycles. The van der Waals surface area contributed by atoms with Gasteiger partial charge in [0.15, 0.2) is 0 Å². The fraction of sp³-hybridized carbons (Fsp3) is 0.481. The van der Waals surface area contributed by atoms with Crippen LogP contribution in [0.4, 0.5) is 0 Å². The van der Waals surface area contributed by atoms with Crippen molar-refractivity contribution in [3.8, 4) is 0 Å². The molecule has 1 saturated carbocycles. The summed E-state index contributed by atoms with van der Waals surface area (Å²) in [6.45, 7) is 3.65. The number of hydrogen-bond acceptors (Lipinski definition) is 5. The third-order valence-electron chi connectivity index (χ3n) is 8.06. The van der Waals surface area contributed by atoms with Gasteiger partial charge in [-0.3, -0.25) is 4.79 Å². The van der Waals surface area contributed by atoms with Gasteiger partial charge in [0.1, 0.15) is 11.3 Å². The molecular formula is C27H32N4O3. The van der Waals surface area contributed by atoms with E-state index in [0.29, 0.717) is 31.1 Å². The van der Waals surface area contributed by atoms with E-state index < -0.39 is 6.10 Å². The lowest BCUT2D eigenvalue weighted by Crippen LogP contribution is -2.65. The zero-order valence-electron chi connectivity index (χ0n) is 19.8. The Morgan fingerprint density at radius 3 is 2.79 bits per heavy atom. The summed E-state index contributed by atoms with van der Waals surface area (Å²) in [7, 11) is 1.70. The lowest BCUT2D eigenvalue weighted by Gasteiger charge is -2.48. The Balaban J connectivity index is 1.24. The van der Waals surface area contributed by atoms with Crippen LogP contribution in [0.2, 0.25) is 0 Å². The molecule has 1 saturated heterocycles. The van der Waals surface area contributed by atoms with Crippen molar-refractivity contribution in [3.05, 3.63) is 70.7 Å². The normalized spacial score (nSPS) is 25.5. The average molecular weight is 461 g/mol. The SMILES string of the molecule is COC(C)c1cc(C2CC2)cn2cc(C(=O)N3CC[C@]4(Cc5ccccc5CN4)[C@H](O)C3)nc12. The maximum Gasteiger partial charge on any atom is 0.274 e. The molecule has 1 amide bonds. The number of aliphatic hydroxyl groups excluding tert-OH is 1. The number of nitrogens with one attached hydrogen (secondary N) is 1. The molecule has 2 N–H and O–H groups in total. The molecule has 6 rings (SSSR count). The highest BCUT2D eigenvalue weighted by molar-refractivity contribution is 5.93. The van der Waals surface area contributed by atoms with Crippen LogP contribution in [0.3, 0.4) is 0 Å². The number of β-amino-alcohol motifs (C(OH)–C–C–N with tert-alkyl or cyclic N) is 1. The molecule has 1 unspecified atom stereocenters. The molecule has 2 fully saturated rings. The molecular weight excluding hydrogens is 428 g/mol. The van der Waals surface area contributed by atoms with E-state index in [4.69, 9.17) is 9.72 Å². The highest BCUT2D eigenvalue weighted by Gasteiger charge is 2.45. The highest BCUT2D eigenvalue weighted by atomic mass is 16.5. The molecule has 3 aliphatic rings. The number of fused-ring (bicyclic) bond motifs is 2. The molecule has 34 heavy (non-hydrogen) atoms. The van der Waals surface area contributed by atoms with Gasteiger partial charge in [0, 0.05) is 44.7 Å². The molecule has 3 atom stereocenters. The minimum atomic E-state index is -0.638. The van der Waals surface area contributed by atoms with Crippen LogP contribution in [0.5, 0.6) is 0 Å². The number of imidazole rings is 1. The minimum Gasteiger partial charge on any atom is -0.389 e. The number of likely N-dealkylation sites (tertiary alicyclic amines) is 1. The predicted molar refractivity (Wildman–Crippen MR) is 129 cm³/mol. The van der Waals surface area contributed by atoms with Gasteiger partial charge in [-0.1, -0.05) is 24.3 Å². The summed E-state index contributed by atoms with van der Waals surface area (Å²) in [6.07, 6.45) is 7.09. The van der Waals surface area contributed by atoms with Gasteiger partial charge in [-0.25, -0.2) is 4.98 Å². The maximum atomic E-state index is 13.5. The Kier molecular flexibility index (Phi) is 5.24. The third-order valence-corrected chi connectivity index (χ3v) is 8.06. The summed E-state index contributed by atoms with van der Waals surface area (Å²) >= 11 is 0. The van der Waals surface area contributed by atoms with Crippen molar-refractivity contribution in [1.29, 1.82) is 0 Å². The van der Waals surface area contributed by atoms with Crippen molar-refractivity contribution in [1.82, 2.24) is 19.6 Å². The smallest absolute Gasteiger partial charge is 0.274 e. The van der Waals surface area contributed by atoms with Crippen LogP contribution in [-0.2, 0) is 17.7 Å². The molecule has 0 bridgehead atoms. The number of hydrogen-bond donors (Lipinski definition) is 2. The Labute approximate surface area is 199 Å². The Morgan fingerprint density at radius 2 is 2.06 bits per heavy atom. The molecule has 1 spiro atoms. The van der Waals surface area contributed by atoms with Gasteiger partial charge in [-0.15, -0.1) is 0 Å². The lowest BCUT2D eigenvalue weighted by atomic mass is 9.76. The summed E-state index contributed by atoms with van der Waals surface area (Å²) in [4.78, 5) is 19.9. The molecule has 7 nitrogen and oxygen atoms in total. The summed E-state index contributed by atoms with van der Waals surface area (Å²) < 4.78 is 7.58. The molecule has 1 aliphatic carbocycles. The third kappa shape index (κ3) is 3.63. The number of ether oxygens (including phenoxy) is 1. The zero-order chi connectivity index (χ0) is 23.4. The molecule has 7 heteroatoms. The van der Waals surface area contributed by atoms with E-state index in [1.54, 1.807) is 12.0 Å². The fourth-order valence-electron chi connectivity index (χ4n) is 5.63. The number of carbonyl (C=O) groups excluding carboxylic acids is 1. The first kappa shape index (κ1) is 21.8. The van der Waals surface area contributed by atoms with Crippen LogP contribution < -0.4 is 5.32 Å². The lowest BCUT2D eigenvalue weighted by molar-refractivity contribution is -0.0140. The standard InChI is InChI=1S/C27H32N4O3/c1-17(34-2)22-11-21(18-7-8-18)14-31-15-23(29-25(22)31)26(33)30-10-9-27(24(32)16-30)12-19-5-3-4-6-20(19)13-28-27/h3-6,11,14-15,17-18,24,28,32H,7-10,12-13,16H2,1-2H3/t17?,24-,27+/m1/s1. The Morgan fingerprint density at radius 1 is 1.26 bits per heavy atom. The Hall–Kier alpha value is -2.74. The van der Waals surface area contributed by atoms with E-state index in [0.717, 1.165) is 24.2 Å². The first-order valence-electron chi connectivity index (χ1n) is 12.3. The molecule has 2 aromatic heterocycles. The van der Waals surface area contributed by atoms with Gasteiger partial charge in [0.2, 0.25) is 0 Å². The van der Waals surface area contributed by atoms with E-state index in [-0.39, 0.29) is 17.6 Å². The summed E-state index contributed by atoms with van der Waals surface area (Å²) in [5, 5.41) is 14.8. The van der Waals surface area contributed by atoms with Gasteiger partial charge in [0.05, 0.1) is 17.7 Å². The molecule has 1 aromatic carbocycles. The van der Waals surface area contributed by atoms with Gasteiger partial charge in [0.25, 0.3) is 5.91 Å². The largest absolute Gasteiger partial charge is 0.389 e.